The van der Waals surface area contributed by atoms with E-state index < -0.39 is 0 Å². The molecule has 3 nitrogen and oxygen atoms in total. The second kappa shape index (κ2) is 4.90. The van der Waals surface area contributed by atoms with Gasteiger partial charge in [0.15, 0.2) is 5.11 Å². The van der Waals surface area contributed by atoms with Gasteiger partial charge in [-0.15, -0.1) is 0 Å². The van der Waals surface area contributed by atoms with Gasteiger partial charge in [0.2, 0.25) is 0 Å². The topological polar surface area (TPSA) is 50.9 Å². The van der Waals surface area contributed by atoms with Crippen molar-refractivity contribution in [1.82, 2.24) is 10.3 Å². The summed E-state index contributed by atoms with van der Waals surface area (Å²) in [6, 6.07) is 10.2. The quantitative estimate of drug-likeness (QED) is 0.788. The Bertz CT molecular complexity index is 505. The molecule has 0 unspecified atom stereocenters. The fourth-order valence-electron chi connectivity index (χ4n) is 1.69. The zero-order chi connectivity index (χ0) is 11.4. The van der Waals surface area contributed by atoms with Crippen molar-refractivity contribution in [2.24, 2.45) is 5.73 Å². The lowest BCUT2D eigenvalue weighted by Gasteiger charge is -2.06. The van der Waals surface area contributed by atoms with Gasteiger partial charge in [0.1, 0.15) is 0 Å². The second-order valence-corrected chi connectivity index (χ2v) is 3.97. The van der Waals surface area contributed by atoms with Gasteiger partial charge < -0.3 is 11.1 Å². The lowest BCUT2D eigenvalue weighted by molar-refractivity contribution is 0.873. The van der Waals surface area contributed by atoms with Crippen molar-refractivity contribution in [1.29, 1.82) is 0 Å². The minimum atomic E-state index is 0.341. The molecule has 1 aromatic carbocycles. The van der Waals surface area contributed by atoms with E-state index >= 15 is 0 Å². The summed E-state index contributed by atoms with van der Waals surface area (Å²) in [5.41, 5.74) is 7.63. The molecule has 0 aliphatic rings. The first-order valence-electron chi connectivity index (χ1n) is 5.13. The molecule has 0 fully saturated rings. The number of hydrogen-bond acceptors (Lipinski definition) is 2. The van der Waals surface area contributed by atoms with Crippen LogP contribution in [0.15, 0.2) is 36.5 Å². The highest BCUT2D eigenvalue weighted by Crippen LogP contribution is 2.15. The van der Waals surface area contributed by atoms with Crippen LogP contribution in [-0.2, 0) is 6.42 Å². The Balaban J connectivity index is 2.20. The fourth-order valence-corrected chi connectivity index (χ4v) is 1.79. The van der Waals surface area contributed by atoms with Crippen LogP contribution in [0.4, 0.5) is 0 Å². The van der Waals surface area contributed by atoms with Crippen molar-refractivity contribution in [3.8, 4) is 0 Å². The van der Waals surface area contributed by atoms with E-state index in [1.165, 1.54) is 5.56 Å². The summed E-state index contributed by atoms with van der Waals surface area (Å²) in [7, 11) is 0. The molecule has 82 valence electrons. The Labute approximate surface area is 99.7 Å². The third-order valence-electron chi connectivity index (χ3n) is 2.41. The zero-order valence-electron chi connectivity index (χ0n) is 8.81. The van der Waals surface area contributed by atoms with Crippen LogP contribution in [0.1, 0.15) is 5.56 Å². The highest BCUT2D eigenvalue weighted by Gasteiger charge is 2.00. The average Bonchev–Trinajstić information content (AvgIpc) is 2.29. The van der Waals surface area contributed by atoms with Crippen molar-refractivity contribution >= 4 is 28.2 Å². The number of nitrogens with two attached hydrogens (primary N) is 1. The molecule has 0 saturated heterocycles. The number of nitrogens with one attached hydrogen (secondary N) is 1. The van der Waals surface area contributed by atoms with E-state index in [-0.39, 0.29) is 0 Å². The molecule has 2 aromatic rings. The molecule has 0 radical (unpaired) electrons. The standard InChI is InChI=1S/C12H13N3S/c13-12(16)15-8-6-10-4-1-3-9-5-2-7-14-11(9)10/h1-5,7H,6,8H2,(H3,13,15,16). The molecule has 2 rings (SSSR count). The van der Waals surface area contributed by atoms with Crippen LogP contribution in [-0.4, -0.2) is 16.6 Å². The Morgan fingerprint density at radius 2 is 2.12 bits per heavy atom. The molecule has 0 spiro atoms. The van der Waals surface area contributed by atoms with Crippen LogP contribution < -0.4 is 11.1 Å². The van der Waals surface area contributed by atoms with Gasteiger partial charge in [-0.25, -0.2) is 0 Å². The third-order valence-corrected chi connectivity index (χ3v) is 2.55. The van der Waals surface area contributed by atoms with Crippen molar-refractivity contribution in [2.75, 3.05) is 6.54 Å². The summed E-state index contributed by atoms with van der Waals surface area (Å²) in [5, 5.41) is 4.44. The first-order chi connectivity index (χ1) is 7.77. The Kier molecular flexibility index (Phi) is 3.31. The van der Waals surface area contributed by atoms with Crippen molar-refractivity contribution in [2.45, 2.75) is 6.42 Å². The summed E-state index contributed by atoms with van der Waals surface area (Å²) in [6.45, 7) is 0.741. The predicted molar refractivity (Wildman–Crippen MR) is 70.2 cm³/mol. The number of thiocarbonyl (C=S) groups is 1. The van der Waals surface area contributed by atoms with Crippen LogP contribution in [0.3, 0.4) is 0 Å². The molecule has 0 aliphatic carbocycles. The molecule has 0 atom stereocenters. The normalized spacial score (nSPS) is 10.2. The summed E-state index contributed by atoms with van der Waals surface area (Å²) in [5.74, 6) is 0. The van der Waals surface area contributed by atoms with Gasteiger partial charge in [0.05, 0.1) is 5.52 Å². The Hall–Kier alpha value is -1.68. The third kappa shape index (κ3) is 2.46. The summed E-state index contributed by atoms with van der Waals surface area (Å²) >= 11 is 4.76. The number of rotatable bonds is 3. The van der Waals surface area contributed by atoms with Gasteiger partial charge in [-0.2, -0.15) is 0 Å². The molecule has 0 bridgehead atoms. The monoisotopic (exact) mass is 231 g/mol. The van der Waals surface area contributed by atoms with Gasteiger partial charge in [0, 0.05) is 18.1 Å². The first-order valence-corrected chi connectivity index (χ1v) is 5.54. The average molecular weight is 231 g/mol. The molecule has 0 amide bonds. The van der Waals surface area contributed by atoms with Gasteiger partial charge in [0.25, 0.3) is 0 Å². The second-order valence-electron chi connectivity index (χ2n) is 3.53. The van der Waals surface area contributed by atoms with Gasteiger partial charge in [-0.05, 0) is 30.3 Å². The van der Waals surface area contributed by atoms with Gasteiger partial charge >= 0.3 is 0 Å². The first kappa shape index (κ1) is 10.8. The molecular weight excluding hydrogens is 218 g/mol. The number of pyridine rings is 1. The fraction of sp³-hybridized carbons (Fsp3) is 0.167. The summed E-state index contributed by atoms with van der Waals surface area (Å²) in [4.78, 5) is 4.39. The molecule has 0 aliphatic heterocycles. The van der Waals surface area contributed by atoms with Crippen molar-refractivity contribution < 1.29 is 0 Å². The molecule has 16 heavy (non-hydrogen) atoms. The predicted octanol–water partition coefficient (Wildman–Crippen LogP) is 1.61. The van der Waals surface area contributed by atoms with E-state index in [1.54, 1.807) is 0 Å². The maximum Gasteiger partial charge on any atom is 0.163 e. The van der Waals surface area contributed by atoms with Crippen LogP contribution in [0.25, 0.3) is 10.9 Å². The van der Waals surface area contributed by atoms with E-state index in [1.807, 2.05) is 18.3 Å². The van der Waals surface area contributed by atoms with Gasteiger partial charge in [-0.3, -0.25) is 4.98 Å². The number of aromatic nitrogens is 1. The summed E-state index contributed by atoms with van der Waals surface area (Å²) < 4.78 is 0. The van der Waals surface area contributed by atoms with Crippen LogP contribution in [0.5, 0.6) is 0 Å². The van der Waals surface area contributed by atoms with Crippen molar-refractivity contribution in [3.63, 3.8) is 0 Å². The van der Waals surface area contributed by atoms with Gasteiger partial charge in [-0.1, -0.05) is 24.3 Å². The molecule has 1 heterocycles. The molecular formula is C12H13N3S. The maximum atomic E-state index is 5.37. The minimum Gasteiger partial charge on any atom is -0.376 e. The number of benzene rings is 1. The van der Waals surface area contributed by atoms with E-state index in [0.29, 0.717) is 5.11 Å². The SMILES string of the molecule is NC(=S)NCCc1cccc2cccnc12. The van der Waals surface area contributed by atoms with Crippen LogP contribution >= 0.6 is 12.2 Å². The minimum absolute atomic E-state index is 0.341. The van der Waals surface area contributed by atoms with Crippen LogP contribution in [0, 0.1) is 0 Å². The van der Waals surface area contributed by atoms with E-state index in [4.69, 9.17) is 18.0 Å². The molecule has 1 aromatic heterocycles. The molecule has 4 heteroatoms. The Morgan fingerprint density at radius 3 is 2.94 bits per heavy atom. The van der Waals surface area contributed by atoms with Crippen molar-refractivity contribution in [3.05, 3.63) is 42.1 Å². The molecule has 0 saturated carbocycles. The molecule has 3 N–H and O–H groups in total. The number of hydrogen-bond donors (Lipinski definition) is 2. The Morgan fingerprint density at radius 1 is 1.31 bits per heavy atom. The number of nitrogens with zero attached hydrogens (tertiary/aromatic N) is 1. The van der Waals surface area contributed by atoms with Crippen LogP contribution in [0.2, 0.25) is 0 Å². The van der Waals surface area contributed by atoms with E-state index in [9.17, 15) is 0 Å². The lowest BCUT2D eigenvalue weighted by atomic mass is 10.1. The number of para-hydroxylation sites is 1. The zero-order valence-corrected chi connectivity index (χ0v) is 9.63. The number of fused-ring (bicyclic) bond motifs is 1. The summed E-state index contributed by atoms with van der Waals surface area (Å²) in [6.07, 6.45) is 2.68. The largest absolute Gasteiger partial charge is 0.376 e. The highest BCUT2D eigenvalue weighted by molar-refractivity contribution is 7.80. The maximum absolute atomic E-state index is 5.37. The lowest BCUT2D eigenvalue weighted by Crippen LogP contribution is -2.30. The van der Waals surface area contributed by atoms with E-state index in [2.05, 4.69) is 28.5 Å². The highest BCUT2D eigenvalue weighted by atomic mass is 32.1. The smallest absolute Gasteiger partial charge is 0.163 e. The van der Waals surface area contributed by atoms with E-state index in [0.717, 1.165) is 23.9 Å².